The first-order chi connectivity index (χ1) is 5.59. The highest BCUT2D eigenvalue weighted by molar-refractivity contribution is 5.20. The third-order valence-corrected chi connectivity index (χ3v) is 1.54. The Morgan fingerprint density at radius 1 is 1.17 bits per heavy atom. The fourth-order valence-electron chi connectivity index (χ4n) is 1.06. The van der Waals surface area contributed by atoms with Crippen LogP contribution in [0.2, 0.25) is 0 Å². The first kappa shape index (κ1) is 9.17. The lowest BCUT2D eigenvalue weighted by atomic mass is 10.0. The molecule has 1 aromatic carbocycles. The molecule has 12 heavy (non-hydrogen) atoms. The number of halogens is 2. The predicted molar refractivity (Wildman–Crippen MR) is 44.7 cm³/mol. The van der Waals surface area contributed by atoms with E-state index in [1.807, 2.05) is 13.8 Å². The van der Waals surface area contributed by atoms with Crippen LogP contribution in [-0.2, 0) is 6.42 Å². The van der Waals surface area contributed by atoms with Crippen LogP contribution < -0.4 is 0 Å². The normalized spacial score (nSPS) is 10.8. The van der Waals surface area contributed by atoms with Gasteiger partial charge in [0.1, 0.15) is 0 Å². The van der Waals surface area contributed by atoms with E-state index in [9.17, 15) is 8.78 Å². The van der Waals surface area contributed by atoms with Crippen molar-refractivity contribution < 1.29 is 8.78 Å². The Morgan fingerprint density at radius 3 is 2.33 bits per heavy atom. The number of hydrogen-bond acceptors (Lipinski definition) is 0. The minimum atomic E-state index is -0.785. The van der Waals surface area contributed by atoms with Gasteiger partial charge < -0.3 is 0 Å². The van der Waals surface area contributed by atoms with Crippen molar-refractivity contribution >= 4 is 0 Å². The first-order valence-corrected chi connectivity index (χ1v) is 3.82. The molecule has 0 aliphatic heterocycles. The van der Waals surface area contributed by atoms with Crippen molar-refractivity contribution in [2.24, 2.45) is 0 Å². The van der Waals surface area contributed by atoms with Crippen molar-refractivity contribution in [2.45, 2.75) is 20.3 Å². The van der Waals surface area contributed by atoms with E-state index in [0.717, 1.165) is 11.6 Å². The molecule has 0 heterocycles. The van der Waals surface area contributed by atoms with E-state index in [-0.39, 0.29) is 0 Å². The molecule has 0 aliphatic carbocycles. The Balaban J connectivity index is 2.82. The Kier molecular flexibility index (Phi) is 2.79. The van der Waals surface area contributed by atoms with Gasteiger partial charge in [-0.15, -0.1) is 0 Å². The second-order valence-electron chi connectivity index (χ2n) is 3.13. The SMILES string of the molecule is C[C](C)Cc1ccc(F)c(F)c1. The molecule has 1 aromatic rings. The monoisotopic (exact) mass is 169 g/mol. The molecule has 0 spiro atoms. The van der Waals surface area contributed by atoms with Gasteiger partial charge in [-0.2, -0.15) is 0 Å². The smallest absolute Gasteiger partial charge is 0.159 e. The second kappa shape index (κ2) is 3.65. The highest BCUT2D eigenvalue weighted by Gasteiger charge is 2.03. The van der Waals surface area contributed by atoms with Crippen LogP contribution in [0.1, 0.15) is 19.4 Å². The minimum absolute atomic E-state index is 0.706. The summed E-state index contributed by atoms with van der Waals surface area (Å²) in [6.45, 7) is 3.92. The number of hydrogen-bond donors (Lipinski definition) is 0. The molecular formula is C10H11F2. The van der Waals surface area contributed by atoms with Crippen LogP contribution in [0.3, 0.4) is 0 Å². The quantitative estimate of drug-likeness (QED) is 0.638. The molecule has 2 heteroatoms. The Labute approximate surface area is 71.2 Å². The lowest BCUT2D eigenvalue weighted by Crippen LogP contribution is -1.94. The van der Waals surface area contributed by atoms with E-state index in [4.69, 9.17) is 0 Å². The van der Waals surface area contributed by atoms with E-state index in [2.05, 4.69) is 0 Å². The zero-order valence-corrected chi connectivity index (χ0v) is 7.20. The molecule has 0 saturated carbocycles. The van der Waals surface area contributed by atoms with Crippen LogP contribution in [0.5, 0.6) is 0 Å². The summed E-state index contributed by atoms with van der Waals surface area (Å²) >= 11 is 0. The fraction of sp³-hybridized carbons (Fsp3) is 0.300. The molecule has 0 atom stereocenters. The fourth-order valence-corrected chi connectivity index (χ4v) is 1.06. The summed E-state index contributed by atoms with van der Waals surface area (Å²) in [5, 5.41) is 0. The van der Waals surface area contributed by atoms with Crippen LogP contribution >= 0.6 is 0 Å². The highest BCUT2D eigenvalue weighted by Crippen LogP contribution is 2.13. The average Bonchev–Trinajstić information content (AvgIpc) is 1.96. The third kappa shape index (κ3) is 2.29. The maximum atomic E-state index is 12.6. The summed E-state index contributed by atoms with van der Waals surface area (Å²) in [7, 11) is 0. The molecule has 0 saturated heterocycles. The molecule has 0 fully saturated rings. The number of rotatable bonds is 2. The van der Waals surface area contributed by atoms with Crippen LogP contribution in [0.25, 0.3) is 0 Å². The zero-order chi connectivity index (χ0) is 9.14. The van der Waals surface area contributed by atoms with Gasteiger partial charge in [0.25, 0.3) is 0 Å². The standard InChI is InChI=1S/C10H11F2/c1-7(2)5-8-3-4-9(11)10(12)6-8/h3-4,6H,5H2,1-2H3. The summed E-state index contributed by atoms with van der Waals surface area (Å²) in [6, 6.07) is 4.00. The van der Waals surface area contributed by atoms with Gasteiger partial charge >= 0.3 is 0 Å². The van der Waals surface area contributed by atoms with Gasteiger partial charge in [-0.05, 0) is 30.0 Å². The largest absolute Gasteiger partial charge is 0.204 e. The molecule has 1 radical (unpaired) electrons. The van der Waals surface area contributed by atoms with Crippen LogP contribution in [-0.4, -0.2) is 0 Å². The van der Waals surface area contributed by atoms with Gasteiger partial charge in [0, 0.05) is 0 Å². The minimum Gasteiger partial charge on any atom is -0.204 e. The molecule has 1 rings (SSSR count). The summed E-state index contributed by atoms with van der Waals surface area (Å²) in [4.78, 5) is 0. The molecule has 0 aromatic heterocycles. The molecule has 0 bridgehead atoms. The Morgan fingerprint density at radius 2 is 1.83 bits per heavy atom. The van der Waals surface area contributed by atoms with Gasteiger partial charge in [0.2, 0.25) is 0 Å². The first-order valence-electron chi connectivity index (χ1n) is 3.82. The second-order valence-corrected chi connectivity index (χ2v) is 3.13. The van der Waals surface area contributed by atoms with E-state index in [1.165, 1.54) is 12.0 Å². The van der Waals surface area contributed by atoms with Gasteiger partial charge in [-0.1, -0.05) is 19.9 Å². The van der Waals surface area contributed by atoms with Crippen molar-refractivity contribution in [1.29, 1.82) is 0 Å². The third-order valence-electron chi connectivity index (χ3n) is 1.54. The molecule has 0 N–H and O–H groups in total. The van der Waals surface area contributed by atoms with Gasteiger partial charge in [0.05, 0.1) is 0 Å². The van der Waals surface area contributed by atoms with Crippen LogP contribution in [0, 0.1) is 17.6 Å². The number of benzene rings is 1. The lowest BCUT2D eigenvalue weighted by molar-refractivity contribution is 0.507. The lowest BCUT2D eigenvalue weighted by Gasteiger charge is -2.03. The van der Waals surface area contributed by atoms with E-state index >= 15 is 0 Å². The van der Waals surface area contributed by atoms with Crippen molar-refractivity contribution in [3.05, 3.63) is 41.3 Å². The van der Waals surface area contributed by atoms with Crippen molar-refractivity contribution in [2.75, 3.05) is 0 Å². The van der Waals surface area contributed by atoms with E-state index in [0.29, 0.717) is 6.42 Å². The Hall–Kier alpha value is -0.920. The Bertz CT molecular complexity index is 267. The van der Waals surface area contributed by atoms with Gasteiger partial charge in [0.15, 0.2) is 11.6 Å². The van der Waals surface area contributed by atoms with Crippen molar-refractivity contribution in [3.8, 4) is 0 Å². The topological polar surface area (TPSA) is 0 Å². The maximum Gasteiger partial charge on any atom is 0.159 e. The molecule has 0 aliphatic rings. The average molecular weight is 169 g/mol. The summed E-state index contributed by atoms with van der Waals surface area (Å²) in [5.41, 5.74) is 0.814. The van der Waals surface area contributed by atoms with E-state index in [1.54, 1.807) is 6.07 Å². The summed E-state index contributed by atoms with van der Waals surface area (Å²) in [6.07, 6.45) is 0.706. The predicted octanol–water partition coefficient (Wildman–Crippen LogP) is 3.12. The highest BCUT2D eigenvalue weighted by atomic mass is 19.2. The van der Waals surface area contributed by atoms with Gasteiger partial charge in [-0.3, -0.25) is 0 Å². The summed E-state index contributed by atoms with van der Waals surface area (Å²) < 4.78 is 25.1. The van der Waals surface area contributed by atoms with Crippen LogP contribution in [0.4, 0.5) is 8.78 Å². The van der Waals surface area contributed by atoms with E-state index < -0.39 is 11.6 Å². The molecule has 0 unspecified atom stereocenters. The summed E-state index contributed by atoms with van der Waals surface area (Å²) in [5.74, 6) is -0.373. The van der Waals surface area contributed by atoms with Crippen molar-refractivity contribution in [3.63, 3.8) is 0 Å². The zero-order valence-electron chi connectivity index (χ0n) is 7.20. The van der Waals surface area contributed by atoms with Crippen LogP contribution in [0.15, 0.2) is 18.2 Å². The van der Waals surface area contributed by atoms with Gasteiger partial charge in [-0.25, -0.2) is 8.78 Å². The molecule has 65 valence electrons. The molecule has 0 nitrogen and oxygen atoms in total. The molecule has 0 amide bonds. The maximum absolute atomic E-state index is 12.6. The van der Waals surface area contributed by atoms with Crippen molar-refractivity contribution in [1.82, 2.24) is 0 Å². The molecular weight excluding hydrogens is 158 g/mol.